The third-order valence-corrected chi connectivity index (χ3v) is 5.68. The van der Waals surface area contributed by atoms with Crippen molar-refractivity contribution in [2.45, 2.75) is 31.2 Å². The summed E-state index contributed by atoms with van der Waals surface area (Å²) in [4.78, 5) is 31.4. The highest BCUT2D eigenvalue weighted by atomic mass is 35.5. The Morgan fingerprint density at radius 1 is 1.12 bits per heavy atom. The Morgan fingerprint density at radius 3 is 2.45 bits per heavy atom. The predicted octanol–water partition coefficient (Wildman–Crippen LogP) is 2.39. The van der Waals surface area contributed by atoms with Crippen molar-refractivity contribution < 1.29 is 19.4 Å². The molecule has 1 aliphatic carbocycles. The molecule has 0 aliphatic heterocycles. The number of hydrogen-bond acceptors (Lipinski definition) is 7. The Kier molecular flexibility index (Phi) is 6.55. The van der Waals surface area contributed by atoms with Gasteiger partial charge in [-0.3, -0.25) is 14.9 Å². The average molecular weight is 468 g/mol. The summed E-state index contributed by atoms with van der Waals surface area (Å²) >= 11 is 6.14. The van der Waals surface area contributed by atoms with E-state index in [0.717, 1.165) is 5.56 Å². The number of nitrogens with two attached hydrogens (primary N) is 1. The van der Waals surface area contributed by atoms with Gasteiger partial charge in [0.2, 0.25) is 5.91 Å². The highest BCUT2D eigenvalue weighted by Crippen LogP contribution is 2.38. The predicted molar refractivity (Wildman–Crippen MR) is 121 cm³/mol. The fourth-order valence-electron chi connectivity index (χ4n) is 3.26. The number of aliphatic hydroxyl groups excluding tert-OH is 1. The van der Waals surface area contributed by atoms with E-state index >= 15 is 0 Å². The van der Waals surface area contributed by atoms with Gasteiger partial charge < -0.3 is 20.9 Å². The smallest absolute Gasteiger partial charge is 0.254 e. The lowest BCUT2D eigenvalue weighted by molar-refractivity contribution is 0.0660. The van der Waals surface area contributed by atoms with Crippen LogP contribution in [0.2, 0.25) is 5.02 Å². The first kappa shape index (κ1) is 22.7. The molecule has 33 heavy (non-hydrogen) atoms. The minimum atomic E-state index is -0.919. The number of nitrogens with zero attached hydrogens (tertiary/aromatic N) is 2. The van der Waals surface area contributed by atoms with Crippen molar-refractivity contribution in [1.29, 1.82) is 0 Å². The second kappa shape index (κ2) is 9.53. The molecule has 4 rings (SSSR count). The van der Waals surface area contributed by atoms with Gasteiger partial charge in [0.1, 0.15) is 24.1 Å². The molecule has 170 valence electrons. The van der Waals surface area contributed by atoms with Gasteiger partial charge in [-0.25, -0.2) is 9.97 Å². The van der Waals surface area contributed by atoms with E-state index in [2.05, 4.69) is 20.6 Å². The summed E-state index contributed by atoms with van der Waals surface area (Å²) in [5.74, 6) is -0.0453. The number of ether oxygens (including phenoxy) is 1. The molecular weight excluding hydrogens is 446 g/mol. The molecule has 5 N–H and O–H groups in total. The maximum atomic E-state index is 12.4. The second-order valence-electron chi connectivity index (χ2n) is 7.78. The lowest BCUT2D eigenvalue weighted by atomic mass is 10.1. The SMILES string of the molecule is NC(=O)c1ccc(Cl)c(Oc2ccc(CNC(O)C3(NC(=O)c4cncnc4)CC3)cc2)c1. The zero-order chi connectivity index (χ0) is 23.4. The highest BCUT2D eigenvalue weighted by molar-refractivity contribution is 6.32. The Labute approximate surface area is 195 Å². The van der Waals surface area contributed by atoms with Crippen molar-refractivity contribution >= 4 is 23.4 Å². The molecule has 1 aliphatic rings. The minimum Gasteiger partial charge on any atom is -0.456 e. The van der Waals surface area contributed by atoms with E-state index in [1.165, 1.54) is 30.9 Å². The van der Waals surface area contributed by atoms with Crippen LogP contribution in [-0.2, 0) is 6.54 Å². The molecule has 9 nitrogen and oxygen atoms in total. The quantitative estimate of drug-likeness (QED) is 0.354. The third kappa shape index (κ3) is 5.46. The number of benzene rings is 2. The molecule has 1 aromatic heterocycles. The lowest BCUT2D eigenvalue weighted by Gasteiger charge is -2.24. The Hall–Kier alpha value is -3.53. The first-order chi connectivity index (χ1) is 15.9. The van der Waals surface area contributed by atoms with E-state index in [-0.39, 0.29) is 5.91 Å². The maximum absolute atomic E-state index is 12.4. The van der Waals surface area contributed by atoms with Crippen LogP contribution in [0.5, 0.6) is 11.5 Å². The molecule has 1 heterocycles. The van der Waals surface area contributed by atoms with Crippen LogP contribution >= 0.6 is 11.6 Å². The van der Waals surface area contributed by atoms with Gasteiger partial charge in [-0.1, -0.05) is 23.7 Å². The molecule has 1 unspecified atom stereocenters. The molecule has 0 spiro atoms. The number of nitrogens with one attached hydrogen (secondary N) is 2. The fraction of sp³-hybridized carbons (Fsp3) is 0.217. The van der Waals surface area contributed by atoms with Gasteiger partial charge in [-0.2, -0.15) is 0 Å². The number of primary amides is 1. The van der Waals surface area contributed by atoms with Gasteiger partial charge in [-0.05, 0) is 48.7 Å². The van der Waals surface area contributed by atoms with Gasteiger partial charge in [0.25, 0.3) is 5.91 Å². The molecule has 0 radical (unpaired) electrons. The van der Waals surface area contributed by atoms with E-state index in [1.807, 2.05) is 12.1 Å². The van der Waals surface area contributed by atoms with Crippen molar-refractivity contribution in [2.75, 3.05) is 0 Å². The molecule has 0 saturated heterocycles. The molecular formula is C23H22ClN5O4. The van der Waals surface area contributed by atoms with E-state index < -0.39 is 17.7 Å². The van der Waals surface area contributed by atoms with Gasteiger partial charge in [-0.15, -0.1) is 0 Å². The van der Waals surface area contributed by atoms with E-state index in [1.54, 1.807) is 18.2 Å². The van der Waals surface area contributed by atoms with E-state index in [4.69, 9.17) is 22.1 Å². The molecule has 2 aromatic carbocycles. The summed E-state index contributed by atoms with van der Waals surface area (Å²) in [5, 5.41) is 16.9. The molecule has 10 heteroatoms. The normalized spacial score (nSPS) is 14.8. The number of aliphatic hydroxyl groups is 1. The number of amides is 2. The van der Waals surface area contributed by atoms with Crippen LogP contribution in [0.4, 0.5) is 0 Å². The molecule has 1 atom stereocenters. The summed E-state index contributed by atoms with van der Waals surface area (Å²) in [5.41, 5.74) is 6.13. The molecule has 0 bridgehead atoms. The van der Waals surface area contributed by atoms with E-state index in [0.29, 0.717) is 47.0 Å². The maximum Gasteiger partial charge on any atom is 0.254 e. The number of carbonyl (C=O) groups is 2. The van der Waals surface area contributed by atoms with Gasteiger partial charge >= 0.3 is 0 Å². The molecule has 2 amide bonds. The van der Waals surface area contributed by atoms with Gasteiger partial charge in [0.05, 0.1) is 16.1 Å². The molecule has 1 saturated carbocycles. The van der Waals surface area contributed by atoms with Crippen LogP contribution in [0.3, 0.4) is 0 Å². The monoisotopic (exact) mass is 467 g/mol. The summed E-state index contributed by atoms with van der Waals surface area (Å²) < 4.78 is 5.76. The number of aromatic nitrogens is 2. The van der Waals surface area contributed by atoms with Crippen molar-refractivity contribution in [3.05, 3.63) is 82.9 Å². The highest BCUT2D eigenvalue weighted by Gasteiger charge is 2.50. The minimum absolute atomic E-state index is 0.296. The van der Waals surface area contributed by atoms with Crippen LogP contribution in [0.25, 0.3) is 0 Å². The molecule has 3 aromatic rings. The van der Waals surface area contributed by atoms with Crippen LogP contribution in [0.15, 0.2) is 61.2 Å². The zero-order valence-corrected chi connectivity index (χ0v) is 18.2. The summed E-state index contributed by atoms with van der Waals surface area (Å²) in [6, 6.07) is 11.7. The Morgan fingerprint density at radius 2 is 1.82 bits per heavy atom. The van der Waals surface area contributed by atoms with Crippen molar-refractivity contribution in [2.24, 2.45) is 5.73 Å². The lowest BCUT2D eigenvalue weighted by Crippen LogP contribution is -2.52. The Balaban J connectivity index is 1.33. The summed E-state index contributed by atoms with van der Waals surface area (Å²) in [7, 11) is 0. The Bertz CT molecular complexity index is 1150. The van der Waals surface area contributed by atoms with Crippen molar-refractivity contribution in [1.82, 2.24) is 20.6 Å². The fourth-order valence-corrected chi connectivity index (χ4v) is 3.42. The zero-order valence-electron chi connectivity index (χ0n) is 17.5. The first-order valence-electron chi connectivity index (χ1n) is 10.2. The number of rotatable bonds is 9. The van der Waals surface area contributed by atoms with Crippen LogP contribution in [0, 0.1) is 0 Å². The summed E-state index contributed by atoms with van der Waals surface area (Å²) in [6.45, 7) is 0.380. The standard InChI is InChI=1S/C23H22ClN5O4/c24-18-6-3-15(20(25)30)9-19(18)33-17-4-1-14(2-5-17)10-28-22(32)23(7-8-23)29-21(31)16-11-26-13-27-12-16/h1-6,9,11-13,22,28,32H,7-8,10H2,(H2,25,30)(H,29,31). The van der Waals surface area contributed by atoms with Gasteiger partial charge in [0, 0.05) is 24.5 Å². The van der Waals surface area contributed by atoms with Gasteiger partial charge in [0.15, 0.2) is 0 Å². The van der Waals surface area contributed by atoms with Crippen molar-refractivity contribution in [3.8, 4) is 11.5 Å². The third-order valence-electron chi connectivity index (χ3n) is 5.36. The van der Waals surface area contributed by atoms with Crippen LogP contribution < -0.4 is 21.1 Å². The second-order valence-corrected chi connectivity index (χ2v) is 8.18. The van der Waals surface area contributed by atoms with Crippen molar-refractivity contribution in [3.63, 3.8) is 0 Å². The number of halogens is 1. The average Bonchev–Trinajstić information content (AvgIpc) is 3.61. The number of carbonyl (C=O) groups excluding carboxylic acids is 2. The van der Waals surface area contributed by atoms with Crippen LogP contribution in [0.1, 0.15) is 39.1 Å². The number of hydrogen-bond donors (Lipinski definition) is 4. The summed E-state index contributed by atoms with van der Waals surface area (Å²) in [6.07, 6.45) is 4.62. The molecule has 1 fully saturated rings. The largest absolute Gasteiger partial charge is 0.456 e. The van der Waals surface area contributed by atoms with Crippen LogP contribution in [-0.4, -0.2) is 38.7 Å². The van der Waals surface area contributed by atoms with E-state index in [9.17, 15) is 14.7 Å². The topological polar surface area (TPSA) is 139 Å². The first-order valence-corrected chi connectivity index (χ1v) is 10.6.